The maximum absolute atomic E-state index is 12.4. The second-order valence-electron chi connectivity index (χ2n) is 4.87. The molecule has 1 fully saturated rings. The Hall–Kier alpha value is -1.70. The zero-order valence-corrected chi connectivity index (χ0v) is 11.7. The summed E-state index contributed by atoms with van der Waals surface area (Å²) in [4.78, 5) is 0.204. The molecule has 6 nitrogen and oxygen atoms in total. The molecule has 106 valence electrons. The van der Waals surface area contributed by atoms with Crippen LogP contribution in [0, 0.1) is 0 Å². The zero-order chi connectivity index (χ0) is 14.2. The number of nitrogens with zero attached hydrogens (tertiary/aromatic N) is 3. The van der Waals surface area contributed by atoms with E-state index in [4.69, 9.17) is 5.73 Å². The standard InChI is InChI=1S/C13H16N4O2S/c14-11-6-7-16(9-11)20(18,19)13-8-15-17(10-13)12-4-2-1-3-5-12/h1-5,8,10-11H,6-7,9,14H2/t11-/m1/s1. The molecular formula is C13H16N4O2S. The van der Waals surface area contributed by atoms with Gasteiger partial charge in [-0.25, -0.2) is 13.1 Å². The average Bonchev–Trinajstić information content (AvgIpc) is 3.09. The van der Waals surface area contributed by atoms with Crippen LogP contribution in [-0.2, 0) is 10.0 Å². The molecule has 20 heavy (non-hydrogen) atoms. The normalized spacial score (nSPS) is 20.4. The number of hydrogen-bond acceptors (Lipinski definition) is 4. The number of aromatic nitrogens is 2. The first kappa shape index (κ1) is 13.3. The smallest absolute Gasteiger partial charge is 0.246 e. The number of para-hydroxylation sites is 1. The first-order chi connectivity index (χ1) is 9.57. The van der Waals surface area contributed by atoms with Crippen LogP contribution in [0.1, 0.15) is 6.42 Å². The predicted octanol–water partition coefficient (Wildman–Crippen LogP) is 0.594. The van der Waals surface area contributed by atoms with Gasteiger partial charge in [-0.1, -0.05) is 18.2 Å². The minimum Gasteiger partial charge on any atom is -0.326 e. The van der Waals surface area contributed by atoms with Crippen LogP contribution in [-0.4, -0.2) is 41.6 Å². The first-order valence-corrected chi connectivity index (χ1v) is 7.87. The lowest BCUT2D eigenvalue weighted by molar-refractivity contribution is 0.472. The average molecular weight is 292 g/mol. The molecule has 0 unspecified atom stereocenters. The lowest BCUT2D eigenvalue weighted by atomic mass is 10.3. The summed E-state index contributed by atoms with van der Waals surface area (Å²) in [5.74, 6) is 0. The summed E-state index contributed by atoms with van der Waals surface area (Å²) < 4.78 is 27.9. The first-order valence-electron chi connectivity index (χ1n) is 6.43. The Bertz CT molecular complexity index is 696. The summed E-state index contributed by atoms with van der Waals surface area (Å²) in [5.41, 5.74) is 6.60. The molecule has 3 rings (SSSR count). The van der Waals surface area contributed by atoms with Crippen LogP contribution in [0.2, 0.25) is 0 Å². The van der Waals surface area contributed by atoms with Crippen LogP contribution in [0.15, 0.2) is 47.6 Å². The van der Waals surface area contributed by atoms with Crippen LogP contribution in [0.4, 0.5) is 0 Å². The van der Waals surface area contributed by atoms with Crippen LogP contribution in [0.3, 0.4) is 0 Å². The highest BCUT2D eigenvalue weighted by Crippen LogP contribution is 2.20. The van der Waals surface area contributed by atoms with Crippen molar-refractivity contribution in [3.05, 3.63) is 42.7 Å². The number of hydrogen-bond donors (Lipinski definition) is 1. The summed E-state index contributed by atoms with van der Waals surface area (Å²) in [6.45, 7) is 0.846. The van der Waals surface area contributed by atoms with Gasteiger partial charge < -0.3 is 5.73 Å². The highest BCUT2D eigenvalue weighted by molar-refractivity contribution is 7.89. The van der Waals surface area contributed by atoms with Crippen molar-refractivity contribution < 1.29 is 8.42 Å². The predicted molar refractivity (Wildman–Crippen MR) is 74.9 cm³/mol. The van der Waals surface area contributed by atoms with Gasteiger partial charge >= 0.3 is 0 Å². The molecule has 0 spiro atoms. The van der Waals surface area contributed by atoms with Crippen molar-refractivity contribution in [2.75, 3.05) is 13.1 Å². The minimum atomic E-state index is -3.49. The van der Waals surface area contributed by atoms with Gasteiger partial charge in [0.15, 0.2) is 0 Å². The Labute approximate surface area is 117 Å². The van der Waals surface area contributed by atoms with E-state index in [0.717, 1.165) is 5.69 Å². The zero-order valence-electron chi connectivity index (χ0n) is 10.9. The molecule has 1 saturated heterocycles. The summed E-state index contributed by atoms with van der Waals surface area (Å²) in [5, 5.41) is 4.12. The summed E-state index contributed by atoms with van der Waals surface area (Å²) in [7, 11) is -3.49. The van der Waals surface area contributed by atoms with E-state index < -0.39 is 10.0 Å². The van der Waals surface area contributed by atoms with Crippen molar-refractivity contribution in [1.82, 2.24) is 14.1 Å². The Morgan fingerprint density at radius 2 is 2.00 bits per heavy atom. The van der Waals surface area contributed by atoms with E-state index in [-0.39, 0.29) is 10.9 Å². The monoisotopic (exact) mass is 292 g/mol. The highest BCUT2D eigenvalue weighted by Gasteiger charge is 2.31. The van der Waals surface area contributed by atoms with Gasteiger partial charge in [0.1, 0.15) is 4.90 Å². The molecule has 2 heterocycles. The van der Waals surface area contributed by atoms with E-state index in [0.29, 0.717) is 19.5 Å². The third kappa shape index (κ3) is 2.35. The topological polar surface area (TPSA) is 81.2 Å². The van der Waals surface area contributed by atoms with Gasteiger partial charge in [-0.2, -0.15) is 9.40 Å². The molecular weight excluding hydrogens is 276 g/mol. The molecule has 1 aromatic heterocycles. The molecule has 0 bridgehead atoms. The molecule has 1 atom stereocenters. The molecule has 1 aliphatic heterocycles. The third-order valence-corrected chi connectivity index (χ3v) is 5.22. The SMILES string of the molecule is N[C@@H]1CCN(S(=O)(=O)c2cnn(-c3ccccc3)c2)C1. The minimum absolute atomic E-state index is 0.0751. The van der Waals surface area contributed by atoms with Crippen molar-refractivity contribution in [3.8, 4) is 5.69 Å². The van der Waals surface area contributed by atoms with Gasteiger partial charge in [-0.15, -0.1) is 0 Å². The Balaban J connectivity index is 1.90. The fourth-order valence-corrected chi connectivity index (χ4v) is 3.73. The number of benzene rings is 1. The van der Waals surface area contributed by atoms with E-state index in [1.54, 1.807) is 4.68 Å². The molecule has 1 aliphatic rings. The van der Waals surface area contributed by atoms with Crippen molar-refractivity contribution in [2.24, 2.45) is 5.73 Å². The second-order valence-corrected chi connectivity index (χ2v) is 6.81. The Morgan fingerprint density at radius 3 is 2.65 bits per heavy atom. The van der Waals surface area contributed by atoms with Crippen LogP contribution < -0.4 is 5.73 Å². The number of nitrogens with two attached hydrogens (primary N) is 1. The van der Waals surface area contributed by atoms with E-state index in [1.165, 1.54) is 16.7 Å². The summed E-state index contributed by atoms with van der Waals surface area (Å²) in [6, 6.07) is 9.32. The van der Waals surface area contributed by atoms with Crippen LogP contribution >= 0.6 is 0 Å². The van der Waals surface area contributed by atoms with Crippen molar-refractivity contribution >= 4 is 10.0 Å². The van der Waals surface area contributed by atoms with E-state index in [2.05, 4.69) is 5.10 Å². The fraction of sp³-hybridized carbons (Fsp3) is 0.308. The van der Waals surface area contributed by atoms with Crippen molar-refractivity contribution in [3.63, 3.8) is 0 Å². The third-order valence-electron chi connectivity index (χ3n) is 3.40. The van der Waals surface area contributed by atoms with Gasteiger partial charge in [0.25, 0.3) is 0 Å². The second kappa shape index (κ2) is 5.01. The fourth-order valence-electron chi connectivity index (χ4n) is 2.28. The Morgan fingerprint density at radius 1 is 1.25 bits per heavy atom. The molecule has 2 N–H and O–H groups in total. The van der Waals surface area contributed by atoms with Crippen LogP contribution in [0.25, 0.3) is 5.69 Å². The van der Waals surface area contributed by atoms with Gasteiger partial charge in [0, 0.05) is 19.1 Å². The molecule has 7 heteroatoms. The number of sulfonamides is 1. The van der Waals surface area contributed by atoms with Crippen molar-refractivity contribution in [2.45, 2.75) is 17.4 Å². The van der Waals surface area contributed by atoms with Gasteiger partial charge in [0.05, 0.1) is 18.1 Å². The van der Waals surface area contributed by atoms with Crippen molar-refractivity contribution in [1.29, 1.82) is 0 Å². The molecule has 2 aromatic rings. The summed E-state index contributed by atoms with van der Waals surface area (Å²) in [6.07, 6.45) is 3.62. The molecule has 1 aromatic carbocycles. The quantitative estimate of drug-likeness (QED) is 0.898. The lowest BCUT2D eigenvalue weighted by Gasteiger charge is -2.14. The molecule has 0 saturated carbocycles. The van der Waals surface area contributed by atoms with Gasteiger partial charge in [-0.3, -0.25) is 0 Å². The number of rotatable bonds is 3. The van der Waals surface area contributed by atoms with E-state index in [9.17, 15) is 8.42 Å². The molecule has 0 amide bonds. The molecule has 0 aliphatic carbocycles. The van der Waals surface area contributed by atoms with Crippen LogP contribution in [0.5, 0.6) is 0 Å². The van der Waals surface area contributed by atoms with Gasteiger partial charge in [0.2, 0.25) is 10.0 Å². The lowest BCUT2D eigenvalue weighted by Crippen LogP contribution is -2.31. The Kier molecular flexibility index (Phi) is 3.33. The maximum atomic E-state index is 12.4. The largest absolute Gasteiger partial charge is 0.326 e. The summed E-state index contributed by atoms with van der Waals surface area (Å²) >= 11 is 0. The highest BCUT2D eigenvalue weighted by atomic mass is 32.2. The molecule has 0 radical (unpaired) electrons. The van der Waals surface area contributed by atoms with E-state index >= 15 is 0 Å². The maximum Gasteiger partial charge on any atom is 0.246 e. The van der Waals surface area contributed by atoms with Gasteiger partial charge in [-0.05, 0) is 18.6 Å². The van der Waals surface area contributed by atoms with E-state index in [1.807, 2.05) is 30.3 Å².